The number of rotatable bonds is 6. The number of halogens is 1. The van der Waals surface area contributed by atoms with Gasteiger partial charge in [-0.1, -0.05) is 6.07 Å². The SMILES string of the molecule is Cc1cc(F)ccc1C[C@@H](CNC(=O)c1nn(C)c(=O)[nH]1)C1CC1. The average molecular weight is 332 g/mol. The molecule has 0 saturated heterocycles. The summed E-state index contributed by atoms with van der Waals surface area (Å²) < 4.78 is 14.3. The van der Waals surface area contributed by atoms with Crippen LogP contribution >= 0.6 is 0 Å². The van der Waals surface area contributed by atoms with Crippen molar-refractivity contribution >= 4 is 5.91 Å². The van der Waals surface area contributed by atoms with Crippen LogP contribution in [0.4, 0.5) is 4.39 Å². The van der Waals surface area contributed by atoms with Gasteiger partial charge in [0.05, 0.1) is 0 Å². The number of hydrogen-bond acceptors (Lipinski definition) is 3. The minimum Gasteiger partial charge on any atom is -0.349 e. The van der Waals surface area contributed by atoms with Crippen molar-refractivity contribution in [3.63, 3.8) is 0 Å². The Bertz CT molecular complexity index is 807. The van der Waals surface area contributed by atoms with Crippen LogP contribution in [0.25, 0.3) is 0 Å². The highest BCUT2D eigenvalue weighted by molar-refractivity contribution is 5.90. The van der Waals surface area contributed by atoms with Gasteiger partial charge < -0.3 is 5.32 Å². The van der Waals surface area contributed by atoms with Crippen LogP contribution in [-0.2, 0) is 13.5 Å². The van der Waals surface area contributed by atoms with E-state index >= 15 is 0 Å². The number of carbonyl (C=O) groups excluding carboxylic acids is 1. The van der Waals surface area contributed by atoms with E-state index < -0.39 is 5.69 Å². The zero-order valence-corrected chi connectivity index (χ0v) is 13.8. The van der Waals surface area contributed by atoms with E-state index in [-0.39, 0.29) is 17.5 Å². The molecular weight excluding hydrogens is 311 g/mol. The van der Waals surface area contributed by atoms with Gasteiger partial charge in [-0.15, -0.1) is 5.10 Å². The van der Waals surface area contributed by atoms with Crippen LogP contribution in [0.5, 0.6) is 0 Å². The molecule has 2 N–H and O–H groups in total. The van der Waals surface area contributed by atoms with Crippen LogP contribution in [0.3, 0.4) is 0 Å². The molecule has 1 aliphatic carbocycles. The number of H-pyrrole nitrogens is 1. The molecule has 1 aliphatic rings. The van der Waals surface area contributed by atoms with Gasteiger partial charge in [0.2, 0.25) is 5.82 Å². The third-order valence-corrected chi connectivity index (χ3v) is 4.58. The normalized spacial score (nSPS) is 15.3. The molecular formula is C17H21FN4O2. The number of aromatic nitrogens is 3. The van der Waals surface area contributed by atoms with Crippen molar-refractivity contribution in [1.82, 2.24) is 20.1 Å². The Morgan fingerprint density at radius 1 is 1.50 bits per heavy atom. The molecule has 1 amide bonds. The fourth-order valence-corrected chi connectivity index (χ4v) is 2.96. The molecule has 0 bridgehead atoms. The van der Waals surface area contributed by atoms with Gasteiger partial charge in [-0.25, -0.2) is 13.9 Å². The molecule has 0 radical (unpaired) electrons. The first-order chi connectivity index (χ1) is 11.4. The maximum Gasteiger partial charge on any atom is 0.343 e. The minimum atomic E-state index is -0.416. The van der Waals surface area contributed by atoms with Crippen LogP contribution in [0.15, 0.2) is 23.0 Å². The Balaban J connectivity index is 1.64. The van der Waals surface area contributed by atoms with Gasteiger partial charge in [-0.3, -0.25) is 9.78 Å². The Labute approximate surface area is 139 Å². The first-order valence-electron chi connectivity index (χ1n) is 8.10. The molecule has 0 unspecified atom stereocenters. The third-order valence-electron chi connectivity index (χ3n) is 4.58. The summed E-state index contributed by atoms with van der Waals surface area (Å²) in [5.41, 5.74) is 1.62. The van der Waals surface area contributed by atoms with Crippen molar-refractivity contribution < 1.29 is 9.18 Å². The lowest BCUT2D eigenvalue weighted by Crippen LogP contribution is -2.32. The number of benzene rings is 1. The van der Waals surface area contributed by atoms with E-state index in [2.05, 4.69) is 15.4 Å². The Morgan fingerprint density at radius 3 is 2.83 bits per heavy atom. The van der Waals surface area contributed by atoms with Gasteiger partial charge in [0.15, 0.2) is 0 Å². The molecule has 2 aromatic rings. The Hall–Kier alpha value is -2.44. The molecule has 1 saturated carbocycles. The van der Waals surface area contributed by atoms with Gasteiger partial charge in [-0.05, 0) is 61.3 Å². The third kappa shape index (κ3) is 3.72. The van der Waals surface area contributed by atoms with Crippen LogP contribution in [0.1, 0.15) is 34.6 Å². The highest BCUT2D eigenvalue weighted by Gasteiger charge is 2.32. The molecule has 3 rings (SSSR count). The summed E-state index contributed by atoms with van der Waals surface area (Å²) in [4.78, 5) is 25.9. The lowest BCUT2D eigenvalue weighted by atomic mass is 9.92. The summed E-state index contributed by atoms with van der Waals surface area (Å²) in [7, 11) is 1.49. The summed E-state index contributed by atoms with van der Waals surface area (Å²) in [5, 5.41) is 6.70. The number of hydrogen-bond donors (Lipinski definition) is 2. The molecule has 0 aliphatic heterocycles. The monoisotopic (exact) mass is 332 g/mol. The molecule has 1 aromatic heterocycles. The fraction of sp³-hybridized carbons (Fsp3) is 0.471. The smallest absolute Gasteiger partial charge is 0.343 e. The van der Waals surface area contributed by atoms with E-state index in [0.29, 0.717) is 18.4 Å². The largest absolute Gasteiger partial charge is 0.349 e. The molecule has 0 spiro atoms. The zero-order valence-electron chi connectivity index (χ0n) is 13.8. The Morgan fingerprint density at radius 2 is 2.25 bits per heavy atom. The number of aryl methyl sites for hydroxylation is 2. The van der Waals surface area contributed by atoms with E-state index in [1.165, 1.54) is 19.2 Å². The van der Waals surface area contributed by atoms with Crippen LogP contribution in [0.2, 0.25) is 0 Å². The molecule has 6 nitrogen and oxygen atoms in total. The quantitative estimate of drug-likeness (QED) is 0.842. The highest BCUT2D eigenvalue weighted by Crippen LogP contribution is 2.38. The summed E-state index contributed by atoms with van der Waals surface area (Å²) >= 11 is 0. The second kappa shape index (κ2) is 6.59. The summed E-state index contributed by atoms with van der Waals surface area (Å²) in [6, 6.07) is 4.83. The minimum absolute atomic E-state index is 0.0232. The van der Waals surface area contributed by atoms with Crippen LogP contribution < -0.4 is 11.0 Å². The van der Waals surface area contributed by atoms with E-state index in [1.54, 1.807) is 0 Å². The molecule has 7 heteroatoms. The van der Waals surface area contributed by atoms with Crippen LogP contribution in [-0.4, -0.2) is 27.2 Å². The van der Waals surface area contributed by atoms with Crippen molar-refractivity contribution in [2.24, 2.45) is 18.9 Å². The Kier molecular flexibility index (Phi) is 4.51. The standard InChI is InChI=1S/C17H21FN4O2/c1-10-7-14(18)6-5-12(10)8-13(11-3-4-11)9-19-16(23)15-20-17(24)22(2)21-15/h5-7,11,13H,3-4,8-9H2,1-2H3,(H,19,23)(H,20,21,24)/t13-/m0/s1. The van der Waals surface area contributed by atoms with Crippen molar-refractivity contribution in [3.8, 4) is 0 Å². The van der Waals surface area contributed by atoms with Gasteiger partial charge in [0.25, 0.3) is 5.91 Å². The second-order valence-corrected chi connectivity index (χ2v) is 6.48. The number of nitrogens with zero attached hydrogens (tertiary/aromatic N) is 2. The molecule has 1 heterocycles. The molecule has 1 fully saturated rings. The first kappa shape index (κ1) is 16.4. The van der Waals surface area contributed by atoms with E-state index in [9.17, 15) is 14.0 Å². The number of nitrogens with one attached hydrogen (secondary N) is 2. The summed E-state index contributed by atoms with van der Waals surface area (Å²) in [5.74, 6) is 0.293. The zero-order chi connectivity index (χ0) is 17.3. The first-order valence-corrected chi connectivity index (χ1v) is 8.10. The van der Waals surface area contributed by atoms with Crippen molar-refractivity contribution in [2.75, 3.05) is 6.54 Å². The fourth-order valence-electron chi connectivity index (χ4n) is 2.96. The maximum absolute atomic E-state index is 13.2. The summed E-state index contributed by atoms with van der Waals surface area (Å²) in [6.07, 6.45) is 3.11. The molecule has 128 valence electrons. The van der Waals surface area contributed by atoms with E-state index in [0.717, 1.165) is 35.1 Å². The molecule has 24 heavy (non-hydrogen) atoms. The maximum atomic E-state index is 13.2. The number of aromatic amines is 1. The second-order valence-electron chi connectivity index (χ2n) is 6.48. The van der Waals surface area contributed by atoms with Gasteiger partial charge in [0.1, 0.15) is 5.82 Å². The molecule has 1 atom stereocenters. The van der Waals surface area contributed by atoms with Gasteiger partial charge in [-0.2, -0.15) is 0 Å². The number of carbonyl (C=O) groups is 1. The van der Waals surface area contributed by atoms with Crippen LogP contribution in [0, 0.1) is 24.6 Å². The number of amides is 1. The summed E-state index contributed by atoms with van der Waals surface area (Å²) in [6.45, 7) is 2.42. The van der Waals surface area contributed by atoms with Crippen molar-refractivity contribution in [1.29, 1.82) is 0 Å². The predicted molar refractivity (Wildman–Crippen MR) is 87.2 cm³/mol. The van der Waals surface area contributed by atoms with Gasteiger partial charge in [0, 0.05) is 13.6 Å². The van der Waals surface area contributed by atoms with E-state index in [1.807, 2.05) is 13.0 Å². The van der Waals surface area contributed by atoms with Crippen molar-refractivity contribution in [2.45, 2.75) is 26.2 Å². The van der Waals surface area contributed by atoms with Gasteiger partial charge >= 0.3 is 5.69 Å². The average Bonchev–Trinajstić information content (AvgIpc) is 3.31. The predicted octanol–water partition coefficient (Wildman–Crippen LogP) is 1.55. The topological polar surface area (TPSA) is 79.8 Å². The highest BCUT2D eigenvalue weighted by atomic mass is 19.1. The van der Waals surface area contributed by atoms with E-state index in [4.69, 9.17) is 0 Å². The van der Waals surface area contributed by atoms with Crippen molar-refractivity contribution in [3.05, 3.63) is 51.5 Å². The lowest BCUT2D eigenvalue weighted by Gasteiger charge is -2.18. The lowest BCUT2D eigenvalue weighted by molar-refractivity contribution is 0.0934. The molecule has 1 aromatic carbocycles.